The lowest BCUT2D eigenvalue weighted by Crippen LogP contribution is -2.13. The van der Waals surface area contributed by atoms with Crippen molar-refractivity contribution in [1.82, 2.24) is 4.98 Å². The van der Waals surface area contributed by atoms with Gasteiger partial charge in [-0.25, -0.2) is 13.4 Å². The molecule has 0 bridgehead atoms. The number of ether oxygens (including phenoxy) is 2. The van der Waals surface area contributed by atoms with Crippen molar-refractivity contribution in [3.8, 4) is 5.88 Å². The summed E-state index contributed by atoms with van der Waals surface area (Å²) < 4.78 is 34.7. The number of benzene rings is 1. The Hall–Kier alpha value is -2.15. The van der Waals surface area contributed by atoms with E-state index >= 15 is 0 Å². The van der Waals surface area contributed by atoms with Crippen molar-refractivity contribution in [3.05, 3.63) is 30.0 Å². The van der Waals surface area contributed by atoms with Gasteiger partial charge in [-0.3, -0.25) is 4.79 Å². The minimum absolute atomic E-state index is 0.165. The van der Waals surface area contributed by atoms with E-state index in [0.29, 0.717) is 22.3 Å². The second kappa shape index (κ2) is 6.31. The van der Waals surface area contributed by atoms with E-state index in [1.807, 2.05) is 0 Å². The van der Waals surface area contributed by atoms with Crippen LogP contribution in [0.25, 0.3) is 10.8 Å². The van der Waals surface area contributed by atoms with Crippen molar-refractivity contribution >= 4 is 26.6 Å². The fourth-order valence-electron chi connectivity index (χ4n) is 2.20. The normalized spacial score (nSPS) is 11.4. The molecule has 2 aromatic rings. The second-order valence-corrected chi connectivity index (χ2v) is 6.85. The van der Waals surface area contributed by atoms with E-state index in [2.05, 4.69) is 9.72 Å². The zero-order valence-electron chi connectivity index (χ0n) is 12.6. The molecule has 0 aliphatic carbocycles. The van der Waals surface area contributed by atoms with Crippen LogP contribution in [0.4, 0.5) is 0 Å². The predicted octanol–water partition coefficient (Wildman–Crippen LogP) is 1.89. The van der Waals surface area contributed by atoms with Crippen LogP contribution >= 0.6 is 0 Å². The van der Waals surface area contributed by atoms with Gasteiger partial charge in [-0.2, -0.15) is 0 Å². The Balaban J connectivity index is 2.56. The van der Waals surface area contributed by atoms with E-state index in [1.54, 1.807) is 25.1 Å². The zero-order chi connectivity index (χ0) is 16.3. The molecule has 0 radical (unpaired) electrons. The number of methoxy groups -OCH3 is 2. The number of aryl methyl sites for hydroxylation is 1. The highest BCUT2D eigenvalue weighted by Gasteiger charge is 2.21. The summed E-state index contributed by atoms with van der Waals surface area (Å²) in [7, 11) is -0.903. The molecule has 2 rings (SSSR count). The van der Waals surface area contributed by atoms with Crippen molar-refractivity contribution in [1.29, 1.82) is 0 Å². The number of sulfone groups is 1. The monoisotopic (exact) mass is 323 g/mol. The number of hydrogen-bond acceptors (Lipinski definition) is 6. The third-order valence-corrected chi connectivity index (χ3v) is 5.03. The summed E-state index contributed by atoms with van der Waals surface area (Å²) in [5, 5.41) is 1.16. The Morgan fingerprint density at radius 2 is 1.95 bits per heavy atom. The molecule has 1 aromatic heterocycles. The van der Waals surface area contributed by atoms with Crippen molar-refractivity contribution < 1.29 is 22.7 Å². The second-order valence-electron chi connectivity index (χ2n) is 4.77. The van der Waals surface area contributed by atoms with Crippen LogP contribution in [0.3, 0.4) is 0 Å². The van der Waals surface area contributed by atoms with E-state index in [9.17, 15) is 13.2 Å². The van der Waals surface area contributed by atoms with E-state index < -0.39 is 15.8 Å². The van der Waals surface area contributed by atoms with E-state index in [0.717, 1.165) is 0 Å². The smallest absolute Gasteiger partial charge is 0.306 e. The van der Waals surface area contributed by atoms with Gasteiger partial charge in [0.15, 0.2) is 9.84 Å². The van der Waals surface area contributed by atoms with Crippen LogP contribution in [0, 0.1) is 6.92 Å². The molecule has 118 valence electrons. The van der Waals surface area contributed by atoms with Crippen LogP contribution in [0.2, 0.25) is 0 Å². The molecular formula is C15H17NO5S. The molecule has 1 heterocycles. The molecule has 0 aliphatic rings. The molecule has 0 amide bonds. The van der Waals surface area contributed by atoms with Gasteiger partial charge in [-0.05, 0) is 25.1 Å². The summed E-state index contributed by atoms with van der Waals surface area (Å²) in [5.74, 6) is -0.484. The molecule has 0 spiro atoms. The van der Waals surface area contributed by atoms with Crippen LogP contribution in [0.1, 0.15) is 12.1 Å². The molecule has 0 N–H and O–H groups in total. The topological polar surface area (TPSA) is 82.6 Å². The first-order valence-electron chi connectivity index (χ1n) is 6.63. The third-order valence-electron chi connectivity index (χ3n) is 3.26. The molecule has 0 saturated carbocycles. The Labute approximate surface area is 129 Å². The maximum Gasteiger partial charge on any atom is 0.306 e. The lowest BCUT2D eigenvalue weighted by atomic mass is 10.1. The molecule has 0 fully saturated rings. The van der Waals surface area contributed by atoms with Crippen LogP contribution < -0.4 is 4.74 Å². The molecule has 0 aliphatic heterocycles. The van der Waals surface area contributed by atoms with Crippen molar-refractivity contribution in [2.24, 2.45) is 0 Å². The van der Waals surface area contributed by atoms with Gasteiger partial charge in [-0.15, -0.1) is 0 Å². The highest BCUT2D eigenvalue weighted by atomic mass is 32.2. The maximum atomic E-state index is 12.5. The summed E-state index contributed by atoms with van der Waals surface area (Å²) in [4.78, 5) is 15.6. The first-order valence-corrected chi connectivity index (χ1v) is 8.28. The fraction of sp³-hybridized carbons (Fsp3) is 0.333. The molecule has 22 heavy (non-hydrogen) atoms. The highest BCUT2D eigenvalue weighted by Crippen LogP contribution is 2.30. The van der Waals surface area contributed by atoms with Gasteiger partial charge < -0.3 is 9.47 Å². The Kier molecular flexibility index (Phi) is 4.65. The van der Waals surface area contributed by atoms with Gasteiger partial charge in [0, 0.05) is 16.5 Å². The van der Waals surface area contributed by atoms with Gasteiger partial charge in [-0.1, -0.05) is 6.07 Å². The average molecular weight is 323 g/mol. The van der Waals surface area contributed by atoms with E-state index in [4.69, 9.17) is 4.74 Å². The van der Waals surface area contributed by atoms with Crippen LogP contribution in [0.5, 0.6) is 5.88 Å². The number of aromatic nitrogens is 1. The fourth-order valence-corrected chi connectivity index (χ4v) is 3.64. The van der Waals surface area contributed by atoms with Crippen LogP contribution in [-0.2, 0) is 19.4 Å². The summed E-state index contributed by atoms with van der Waals surface area (Å²) in [5.41, 5.74) is 0.653. The summed E-state index contributed by atoms with van der Waals surface area (Å²) in [6.07, 6.45) is -0.184. The zero-order valence-corrected chi connectivity index (χ0v) is 13.4. The van der Waals surface area contributed by atoms with Crippen LogP contribution in [-0.4, -0.2) is 39.3 Å². The predicted molar refractivity (Wildman–Crippen MR) is 81.7 cm³/mol. The van der Waals surface area contributed by atoms with E-state index in [-0.39, 0.29) is 17.1 Å². The average Bonchev–Trinajstić information content (AvgIpc) is 2.51. The first-order chi connectivity index (χ1) is 10.4. The number of hydrogen-bond donors (Lipinski definition) is 0. The molecule has 1 aromatic carbocycles. The standard InChI is InChI=1S/C15H17NO5S/c1-10-9-12-11(15(16-10)21-3)5-4-6-13(12)22(18,19)8-7-14(17)20-2/h4-6,9H,7-8H2,1-3H3. The van der Waals surface area contributed by atoms with Gasteiger partial charge in [0.25, 0.3) is 0 Å². The summed E-state index contributed by atoms with van der Waals surface area (Å²) in [6.45, 7) is 1.76. The molecule has 0 unspecified atom stereocenters. The number of esters is 1. The Morgan fingerprint density at radius 3 is 2.59 bits per heavy atom. The number of fused-ring (bicyclic) bond motifs is 1. The van der Waals surface area contributed by atoms with Gasteiger partial charge in [0.05, 0.1) is 31.3 Å². The molecular weight excluding hydrogens is 306 g/mol. The number of rotatable bonds is 5. The lowest BCUT2D eigenvalue weighted by molar-refractivity contribution is -0.140. The minimum atomic E-state index is -3.62. The Morgan fingerprint density at radius 1 is 1.23 bits per heavy atom. The number of carbonyl (C=O) groups is 1. The van der Waals surface area contributed by atoms with Crippen molar-refractivity contribution in [2.45, 2.75) is 18.2 Å². The molecule has 0 saturated heterocycles. The van der Waals surface area contributed by atoms with Crippen molar-refractivity contribution in [3.63, 3.8) is 0 Å². The largest absolute Gasteiger partial charge is 0.481 e. The summed E-state index contributed by atoms with van der Waals surface area (Å²) >= 11 is 0. The maximum absolute atomic E-state index is 12.5. The summed E-state index contributed by atoms with van der Waals surface area (Å²) in [6, 6.07) is 6.60. The van der Waals surface area contributed by atoms with Gasteiger partial charge in [0.1, 0.15) is 0 Å². The number of pyridine rings is 1. The van der Waals surface area contributed by atoms with Gasteiger partial charge in [0.2, 0.25) is 5.88 Å². The van der Waals surface area contributed by atoms with Crippen molar-refractivity contribution in [2.75, 3.05) is 20.0 Å². The molecule has 0 atom stereocenters. The van der Waals surface area contributed by atoms with Gasteiger partial charge >= 0.3 is 5.97 Å². The minimum Gasteiger partial charge on any atom is -0.481 e. The lowest BCUT2D eigenvalue weighted by Gasteiger charge is -2.11. The molecule has 6 nitrogen and oxygen atoms in total. The van der Waals surface area contributed by atoms with Crippen LogP contribution in [0.15, 0.2) is 29.2 Å². The van der Waals surface area contributed by atoms with E-state index in [1.165, 1.54) is 20.3 Å². The highest BCUT2D eigenvalue weighted by molar-refractivity contribution is 7.91. The SMILES string of the molecule is COC(=O)CCS(=O)(=O)c1cccc2c(OC)nc(C)cc12. The third kappa shape index (κ3) is 3.19. The number of nitrogens with zero attached hydrogens (tertiary/aromatic N) is 1. The Bertz CT molecular complexity index is 814. The first kappa shape index (κ1) is 16.2. The molecule has 7 heteroatoms. The number of carbonyl (C=O) groups excluding carboxylic acids is 1. The quantitative estimate of drug-likeness (QED) is 0.782.